The van der Waals surface area contributed by atoms with E-state index < -0.39 is 20.0 Å². The van der Waals surface area contributed by atoms with Crippen LogP contribution in [0.5, 0.6) is 0 Å². The first-order valence-corrected chi connectivity index (χ1v) is 16.0. The molecule has 0 amide bonds. The number of hydrogen-bond donors (Lipinski definition) is 2. The molecule has 0 atom stereocenters. The van der Waals surface area contributed by atoms with Gasteiger partial charge >= 0.3 is 0 Å². The van der Waals surface area contributed by atoms with Gasteiger partial charge in [0.1, 0.15) is 0 Å². The Bertz CT molecular complexity index is 1410. The van der Waals surface area contributed by atoms with E-state index in [0.29, 0.717) is 11.4 Å². The van der Waals surface area contributed by atoms with Gasteiger partial charge in [-0.15, -0.1) is 0 Å². The van der Waals surface area contributed by atoms with Crippen molar-refractivity contribution in [1.82, 2.24) is 0 Å². The van der Waals surface area contributed by atoms with Gasteiger partial charge in [-0.2, -0.15) is 0 Å². The Labute approximate surface area is 220 Å². The van der Waals surface area contributed by atoms with Crippen LogP contribution in [-0.2, 0) is 20.0 Å². The van der Waals surface area contributed by atoms with Crippen molar-refractivity contribution in [2.24, 2.45) is 0 Å². The van der Waals surface area contributed by atoms with Crippen LogP contribution in [0.1, 0.15) is 11.1 Å². The molecule has 4 aromatic rings. The van der Waals surface area contributed by atoms with E-state index in [9.17, 15) is 16.8 Å². The van der Waals surface area contributed by atoms with Crippen LogP contribution in [-0.4, -0.2) is 16.8 Å². The summed E-state index contributed by atoms with van der Waals surface area (Å²) in [4.78, 5) is 2.32. The summed E-state index contributed by atoms with van der Waals surface area (Å²) in [6.45, 7) is 3.81. The van der Waals surface area contributed by atoms with E-state index in [2.05, 4.69) is 9.44 Å². The Balaban J connectivity index is 1.33. The van der Waals surface area contributed by atoms with E-state index in [1.165, 1.54) is 21.6 Å². The van der Waals surface area contributed by atoms with Gasteiger partial charge in [-0.25, -0.2) is 16.8 Å². The van der Waals surface area contributed by atoms with Crippen molar-refractivity contribution in [3.63, 3.8) is 0 Å². The molecule has 0 aliphatic heterocycles. The fourth-order valence-electron chi connectivity index (χ4n) is 3.12. The van der Waals surface area contributed by atoms with Crippen molar-refractivity contribution in [2.75, 3.05) is 9.44 Å². The van der Waals surface area contributed by atoms with Gasteiger partial charge in [0.2, 0.25) is 0 Å². The van der Waals surface area contributed by atoms with Crippen molar-refractivity contribution >= 4 is 53.0 Å². The maximum Gasteiger partial charge on any atom is 0.261 e. The molecule has 0 aromatic heterocycles. The van der Waals surface area contributed by atoms with Crippen LogP contribution < -0.4 is 9.44 Å². The maximum atomic E-state index is 12.6. The minimum atomic E-state index is -3.65. The molecule has 2 N–H and O–H groups in total. The van der Waals surface area contributed by atoms with E-state index >= 15 is 0 Å². The third-order valence-electron chi connectivity index (χ3n) is 5.11. The molecule has 0 aliphatic rings. The van der Waals surface area contributed by atoms with Crippen molar-refractivity contribution < 1.29 is 16.8 Å². The summed E-state index contributed by atoms with van der Waals surface area (Å²) in [6, 6.07) is 27.6. The highest BCUT2D eigenvalue weighted by atomic mass is 33.1. The Kier molecular flexibility index (Phi) is 7.99. The van der Waals surface area contributed by atoms with Crippen molar-refractivity contribution in [1.29, 1.82) is 0 Å². The zero-order chi connectivity index (χ0) is 25.8. The lowest BCUT2D eigenvalue weighted by atomic mass is 10.2. The van der Waals surface area contributed by atoms with Gasteiger partial charge in [0, 0.05) is 21.2 Å². The lowest BCUT2D eigenvalue weighted by Gasteiger charge is -2.10. The van der Waals surface area contributed by atoms with Gasteiger partial charge < -0.3 is 0 Å². The lowest BCUT2D eigenvalue weighted by molar-refractivity contribution is 0.599. The molecule has 186 valence electrons. The summed E-state index contributed by atoms with van der Waals surface area (Å²) in [5.74, 6) is 0. The third-order valence-corrected chi connectivity index (χ3v) is 10.3. The summed E-state index contributed by atoms with van der Waals surface area (Å²) in [5.41, 5.74) is 2.95. The highest BCUT2D eigenvalue weighted by Crippen LogP contribution is 2.38. The molecular formula is C26H24N2O4S4. The van der Waals surface area contributed by atoms with E-state index in [-0.39, 0.29) is 9.79 Å². The largest absolute Gasteiger partial charge is 0.280 e. The quantitative estimate of drug-likeness (QED) is 0.223. The Hall–Kier alpha value is -2.92. The van der Waals surface area contributed by atoms with Gasteiger partial charge in [-0.3, -0.25) is 9.44 Å². The van der Waals surface area contributed by atoms with E-state index in [1.54, 1.807) is 72.8 Å². The summed E-state index contributed by atoms with van der Waals surface area (Å²) >= 11 is 0. The predicted molar refractivity (Wildman–Crippen MR) is 149 cm³/mol. The normalized spacial score (nSPS) is 11.7. The fraction of sp³-hybridized carbons (Fsp3) is 0.0769. The van der Waals surface area contributed by atoms with E-state index in [0.717, 1.165) is 20.9 Å². The van der Waals surface area contributed by atoms with Crippen molar-refractivity contribution in [3.05, 3.63) is 108 Å². The SMILES string of the molecule is Cc1ccc(S(=O)(=O)Nc2ccc(SSc3ccc(NS(=O)(=O)c4ccc(C)cc4)cc3)cc2)cc1. The second-order valence-electron chi connectivity index (χ2n) is 8.05. The van der Waals surface area contributed by atoms with Crippen LogP contribution in [0, 0.1) is 13.8 Å². The first-order chi connectivity index (χ1) is 17.1. The molecule has 0 fully saturated rings. The average Bonchev–Trinajstić information content (AvgIpc) is 2.85. The molecule has 0 aliphatic carbocycles. The monoisotopic (exact) mass is 556 g/mol. The smallest absolute Gasteiger partial charge is 0.261 e. The van der Waals surface area contributed by atoms with Crippen LogP contribution in [0.4, 0.5) is 11.4 Å². The molecule has 6 nitrogen and oxygen atoms in total. The van der Waals surface area contributed by atoms with Gasteiger partial charge in [0.25, 0.3) is 20.0 Å². The number of benzene rings is 4. The number of nitrogens with one attached hydrogen (secondary N) is 2. The minimum absolute atomic E-state index is 0.215. The number of rotatable bonds is 9. The van der Waals surface area contributed by atoms with Gasteiger partial charge in [-0.05, 0) is 86.6 Å². The summed E-state index contributed by atoms with van der Waals surface area (Å²) < 4.78 is 55.4. The molecule has 0 spiro atoms. The number of anilines is 2. The van der Waals surface area contributed by atoms with E-state index in [1.807, 2.05) is 38.1 Å². The highest BCUT2D eigenvalue weighted by Gasteiger charge is 2.15. The molecule has 0 radical (unpaired) electrons. The zero-order valence-electron chi connectivity index (χ0n) is 19.5. The topological polar surface area (TPSA) is 92.3 Å². The third kappa shape index (κ3) is 6.85. The lowest BCUT2D eigenvalue weighted by Crippen LogP contribution is -2.12. The fourth-order valence-corrected chi connectivity index (χ4v) is 7.16. The Morgan fingerprint density at radius 3 is 1.08 bits per heavy atom. The van der Waals surface area contributed by atoms with Gasteiger partial charge in [0.15, 0.2) is 0 Å². The van der Waals surface area contributed by atoms with Crippen LogP contribution in [0.15, 0.2) is 117 Å². The van der Waals surface area contributed by atoms with E-state index in [4.69, 9.17) is 0 Å². The average molecular weight is 557 g/mol. The highest BCUT2D eigenvalue weighted by molar-refractivity contribution is 8.76. The predicted octanol–water partition coefficient (Wildman–Crippen LogP) is 6.70. The summed E-state index contributed by atoms with van der Waals surface area (Å²) in [6.07, 6.45) is 0. The Morgan fingerprint density at radius 2 is 0.778 bits per heavy atom. The number of aryl methyl sites for hydroxylation is 2. The number of sulfonamides is 2. The molecular weight excluding hydrogens is 533 g/mol. The van der Waals surface area contributed by atoms with Crippen LogP contribution in [0.25, 0.3) is 0 Å². The van der Waals surface area contributed by atoms with Crippen molar-refractivity contribution in [2.45, 2.75) is 33.4 Å². The zero-order valence-corrected chi connectivity index (χ0v) is 22.8. The standard InChI is InChI=1S/C26H24N2O4S4/c1-19-3-15-25(16-4-19)35(29,30)27-21-7-11-23(12-8-21)33-34-24-13-9-22(10-14-24)28-36(31,32)26-17-5-20(2)6-18-26/h3-18,27-28H,1-2H3. The first-order valence-electron chi connectivity index (χ1n) is 10.8. The van der Waals surface area contributed by atoms with Crippen LogP contribution in [0.2, 0.25) is 0 Å². The molecule has 0 saturated heterocycles. The number of hydrogen-bond acceptors (Lipinski definition) is 6. The van der Waals surface area contributed by atoms with Gasteiger partial charge in [0.05, 0.1) is 9.79 Å². The summed E-state index contributed by atoms with van der Waals surface area (Å²) in [5, 5.41) is 0. The van der Waals surface area contributed by atoms with Crippen LogP contribution >= 0.6 is 21.6 Å². The first kappa shape index (κ1) is 26.2. The van der Waals surface area contributed by atoms with Crippen LogP contribution in [0.3, 0.4) is 0 Å². The molecule has 0 bridgehead atoms. The van der Waals surface area contributed by atoms with Crippen molar-refractivity contribution in [3.8, 4) is 0 Å². The molecule has 0 saturated carbocycles. The second kappa shape index (κ2) is 11.0. The molecule has 0 unspecified atom stereocenters. The second-order valence-corrected chi connectivity index (χ2v) is 13.7. The molecule has 0 heterocycles. The van der Waals surface area contributed by atoms with Gasteiger partial charge in [-0.1, -0.05) is 57.0 Å². The maximum absolute atomic E-state index is 12.6. The Morgan fingerprint density at radius 1 is 0.472 bits per heavy atom. The molecule has 4 aromatic carbocycles. The molecule has 36 heavy (non-hydrogen) atoms. The molecule has 10 heteroatoms. The molecule has 4 rings (SSSR count). The summed E-state index contributed by atoms with van der Waals surface area (Å²) in [7, 11) is -4.26. The minimum Gasteiger partial charge on any atom is -0.280 e.